The first-order valence-electron chi connectivity index (χ1n) is 8.55. The van der Waals surface area contributed by atoms with Gasteiger partial charge in [0.15, 0.2) is 0 Å². The number of anilines is 2. The number of hydrogen-bond acceptors (Lipinski definition) is 5. The number of carbonyl (C=O) groups is 1. The van der Waals surface area contributed by atoms with Crippen molar-refractivity contribution in [1.82, 2.24) is 15.0 Å². The lowest BCUT2D eigenvalue weighted by molar-refractivity contribution is -0.117. The topological polar surface area (TPSA) is 79.8 Å². The summed E-state index contributed by atoms with van der Waals surface area (Å²) in [6.07, 6.45) is 6.90. The third kappa shape index (κ3) is 3.83. The smallest absolute Gasteiger partial charge is 0.228 e. The highest BCUT2D eigenvalue weighted by atomic mass is 35.5. The molecule has 2 N–H and O–H groups in total. The maximum absolute atomic E-state index is 12.0. The van der Waals surface area contributed by atoms with Crippen LogP contribution in [0.2, 0.25) is 5.15 Å². The fraction of sp³-hybridized carbons (Fsp3) is 0.200. The minimum atomic E-state index is 0.0174. The van der Waals surface area contributed by atoms with E-state index in [1.807, 2.05) is 6.07 Å². The molecule has 0 radical (unpaired) electrons. The summed E-state index contributed by atoms with van der Waals surface area (Å²) in [7, 11) is 1.80. The second-order valence-electron chi connectivity index (χ2n) is 6.27. The number of carbonyl (C=O) groups excluding carboxylic acids is 1. The molecular formula is C20H16ClN5O. The fourth-order valence-corrected chi connectivity index (χ4v) is 2.87. The van der Waals surface area contributed by atoms with Crippen LogP contribution >= 0.6 is 11.6 Å². The van der Waals surface area contributed by atoms with Crippen molar-refractivity contribution in [3.63, 3.8) is 0 Å². The number of rotatable bonds is 3. The molecule has 0 atom stereocenters. The van der Waals surface area contributed by atoms with Gasteiger partial charge in [0, 0.05) is 47.9 Å². The Morgan fingerprint density at radius 1 is 1.15 bits per heavy atom. The van der Waals surface area contributed by atoms with Gasteiger partial charge in [0.05, 0.1) is 5.56 Å². The highest BCUT2D eigenvalue weighted by molar-refractivity contribution is 6.29. The van der Waals surface area contributed by atoms with Gasteiger partial charge in [-0.15, -0.1) is 0 Å². The number of nitrogens with one attached hydrogen (secondary N) is 2. The van der Waals surface area contributed by atoms with E-state index in [9.17, 15) is 4.79 Å². The predicted octanol–water partition coefficient (Wildman–Crippen LogP) is 3.47. The second kappa shape index (κ2) is 7.22. The molecule has 1 saturated carbocycles. The lowest BCUT2D eigenvalue weighted by Crippen LogP contribution is -2.14. The lowest BCUT2D eigenvalue weighted by Gasteiger charge is -2.09. The molecule has 3 aromatic rings. The van der Waals surface area contributed by atoms with Crippen molar-refractivity contribution in [3.05, 3.63) is 53.1 Å². The Kier molecular flexibility index (Phi) is 4.61. The first-order valence-corrected chi connectivity index (χ1v) is 8.93. The van der Waals surface area contributed by atoms with E-state index < -0.39 is 0 Å². The Bertz CT molecular complexity index is 1100. The largest absolute Gasteiger partial charge is 0.373 e. The van der Waals surface area contributed by atoms with Crippen LogP contribution in [0.1, 0.15) is 24.0 Å². The summed E-state index contributed by atoms with van der Waals surface area (Å²) in [5.41, 5.74) is 1.50. The quantitative estimate of drug-likeness (QED) is 0.539. The van der Waals surface area contributed by atoms with Gasteiger partial charge >= 0.3 is 0 Å². The molecule has 4 rings (SSSR count). The van der Waals surface area contributed by atoms with Crippen molar-refractivity contribution in [2.24, 2.45) is 5.92 Å². The van der Waals surface area contributed by atoms with Crippen LogP contribution in [-0.2, 0) is 4.79 Å². The molecule has 1 amide bonds. The highest BCUT2D eigenvalue weighted by Crippen LogP contribution is 2.31. The average Bonchev–Trinajstić information content (AvgIpc) is 3.51. The summed E-state index contributed by atoms with van der Waals surface area (Å²) >= 11 is 5.91. The third-order valence-electron chi connectivity index (χ3n) is 4.28. The lowest BCUT2D eigenvalue weighted by atomic mass is 10.1. The van der Waals surface area contributed by atoms with Crippen LogP contribution in [0.4, 0.5) is 11.6 Å². The molecule has 134 valence electrons. The van der Waals surface area contributed by atoms with Crippen LogP contribution in [0.25, 0.3) is 10.8 Å². The van der Waals surface area contributed by atoms with E-state index in [0.29, 0.717) is 16.8 Å². The zero-order valence-corrected chi connectivity index (χ0v) is 15.3. The molecule has 1 fully saturated rings. The van der Waals surface area contributed by atoms with Crippen molar-refractivity contribution in [3.8, 4) is 11.8 Å². The van der Waals surface area contributed by atoms with Gasteiger partial charge in [-0.2, -0.15) is 0 Å². The molecule has 3 aromatic heterocycles. The summed E-state index contributed by atoms with van der Waals surface area (Å²) in [5.74, 6) is 7.56. The van der Waals surface area contributed by atoms with E-state index in [1.165, 1.54) is 0 Å². The second-order valence-corrected chi connectivity index (χ2v) is 6.65. The van der Waals surface area contributed by atoms with E-state index in [4.69, 9.17) is 11.6 Å². The Balaban J connectivity index is 1.75. The molecule has 1 aliphatic carbocycles. The molecule has 3 heterocycles. The van der Waals surface area contributed by atoms with E-state index in [2.05, 4.69) is 37.4 Å². The van der Waals surface area contributed by atoms with Crippen molar-refractivity contribution in [2.75, 3.05) is 17.7 Å². The van der Waals surface area contributed by atoms with E-state index >= 15 is 0 Å². The molecule has 27 heavy (non-hydrogen) atoms. The molecular weight excluding hydrogens is 362 g/mol. The van der Waals surface area contributed by atoms with Gasteiger partial charge in [0.25, 0.3) is 0 Å². The number of aromatic nitrogens is 3. The van der Waals surface area contributed by atoms with Gasteiger partial charge in [-0.25, -0.2) is 15.0 Å². The van der Waals surface area contributed by atoms with Crippen LogP contribution in [-0.4, -0.2) is 27.9 Å². The normalized spacial score (nSPS) is 13.0. The molecule has 0 spiro atoms. The van der Waals surface area contributed by atoms with Crippen LogP contribution in [0.5, 0.6) is 0 Å². The number of amides is 1. The molecule has 0 bridgehead atoms. The molecule has 0 aromatic carbocycles. The van der Waals surface area contributed by atoms with E-state index in [0.717, 1.165) is 34.7 Å². The van der Waals surface area contributed by atoms with Crippen molar-refractivity contribution in [2.45, 2.75) is 12.8 Å². The summed E-state index contributed by atoms with van der Waals surface area (Å²) in [6, 6.07) is 5.33. The Morgan fingerprint density at radius 2 is 2.00 bits per heavy atom. The van der Waals surface area contributed by atoms with Crippen molar-refractivity contribution < 1.29 is 4.79 Å². The van der Waals surface area contributed by atoms with E-state index in [1.54, 1.807) is 37.8 Å². The van der Waals surface area contributed by atoms with Crippen LogP contribution in [0.15, 0.2) is 36.8 Å². The summed E-state index contributed by atoms with van der Waals surface area (Å²) in [4.78, 5) is 24.7. The molecule has 7 heteroatoms. The zero-order valence-electron chi connectivity index (χ0n) is 14.6. The Labute approximate surface area is 161 Å². The van der Waals surface area contributed by atoms with Crippen LogP contribution in [0, 0.1) is 17.8 Å². The van der Waals surface area contributed by atoms with Gasteiger partial charge in [-0.1, -0.05) is 23.4 Å². The molecule has 0 unspecified atom stereocenters. The summed E-state index contributed by atoms with van der Waals surface area (Å²) < 4.78 is 0. The summed E-state index contributed by atoms with van der Waals surface area (Å²) in [5, 5.41) is 8.02. The van der Waals surface area contributed by atoms with Gasteiger partial charge in [0.1, 0.15) is 16.8 Å². The Hall–Kier alpha value is -3.17. The maximum Gasteiger partial charge on any atom is 0.228 e. The van der Waals surface area contributed by atoms with Gasteiger partial charge in [-0.05, 0) is 31.0 Å². The Morgan fingerprint density at radius 3 is 2.74 bits per heavy atom. The molecule has 1 aliphatic rings. The SMILES string of the molecule is CNc1ncc(C#Cc2ccnc(Cl)c2)c2cc(NC(=O)C3CC3)ncc12. The molecule has 0 saturated heterocycles. The number of pyridine rings is 3. The van der Waals surface area contributed by atoms with Gasteiger partial charge in [0.2, 0.25) is 5.91 Å². The first kappa shape index (κ1) is 17.3. The zero-order chi connectivity index (χ0) is 18.8. The summed E-state index contributed by atoms with van der Waals surface area (Å²) in [6.45, 7) is 0. The fourth-order valence-electron chi connectivity index (χ4n) is 2.70. The van der Waals surface area contributed by atoms with Crippen molar-refractivity contribution >= 4 is 39.9 Å². The minimum absolute atomic E-state index is 0.0174. The number of nitrogens with zero attached hydrogens (tertiary/aromatic N) is 3. The van der Waals surface area contributed by atoms with Crippen molar-refractivity contribution in [1.29, 1.82) is 0 Å². The third-order valence-corrected chi connectivity index (χ3v) is 4.48. The standard InChI is InChI=1S/C20H16ClN5O/c1-22-19-16-11-24-18(26-20(27)13-4-5-13)9-15(16)14(10-25-19)3-2-12-6-7-23-17(21)8-12/h6-11,13H,4-5H2,1H3,(H,22,25)(H,24,26,27). The maximum atomic E-state index is 12.0. The van der Waals surface area contributed by atoms with E-state index in [-0.39, 0.29) is 11.8 Å². The van der Waals surface area contributed by atoms with Crippen LogP contribution in [0.3, 0.4) is 0 Å². The van der Waals surface area contributed by atoms with Gasteiger partial charge < -0.3 is 10.6 Å². The molecule has 6 nitrogen and oxygen atoms in total. The number of hydrogen-bond donors (Lipinski definition) is 2. The van der Waals surface area contributed by atoms with Gasteiger partial charge in [-0.3, -0.25) is 4.79 Å². The number of fused-ring (bicyclic) bond motifs is 1. The first-order chi connectivity index (χ1) is 13.1. The minimum Gasteiger partial charge on any atom is -0.373 e. The average molecular weight is 378 g/mol. The molecule has 0 aliphatic heterocycles. The predicted molar refractivity (Wildman–Crippen MR) is 106 cm³/mol. The van der Waals surface area contributed by atoms with Crippen LogP contribution < -0.4 is 10.6 Å². The monoisotopic (exact) mass is 377 g/mol. The number of halogens is 1. The highest BCUT2D eigenvalue weighted by Gasteiger charge is 2.29.